The lowest BCUT2D eigenvalue weighted by Crippen LogP contribution is -2.18. The van der Waals surface area contributed by atoms with Crippen LogP contribution in [0.5, 0.6) is 0 Å². The molecule has 0 aromatic heterocycles. The molecule has 1 aliphatic carbocycles. The predicted molar refractivity (Wildman–Crippen MR) is 80.5 cm³/mol. The van der Waals surface area contributed by atoms with Crippen LogP contribution in [-0.2, 0) is 0 Å². The predicted octanol–water partition coefficient (Wildman–Crippen LogP) is 6.43. The van der Waals surface area contributed by atoms with E-state index in [9.17, 15) is 13.2 Å². The third kappa shape index (κ3) is 4.24. The van der Waals surface area contributed by atoms with Crippen LogP contribution in [0.25, 0.3) is 0 Å². The summed E-state index contributed by atoms with van der Waals surface area (Å²) in [6.07, 6.45) is 5.15. The van der Waals surface area contributed by atoms with E-state index in [4.69, 9.17) is 0 Å². The topological polar surface area (TPSA) is 0 Å². The van der Waals surface area contributed by atoms with E-state index in [0.29, 0.717) is 12.8 Å². The van der Waals surface area contributed by atoms with Gasteiger partial charge < -0.3 is 0 Å². The molecule has 1 aliphatic rings. The Labute approximate surface area is 125 Å². The van der Waals surface area contributed by atoms with Gasteiger partial charge in [0, 0.05) is 6.92 Å². The second-order valence-corrected chi connectivity index (χ2v) is 6.49. The third-order valence-electron chi connectivity index (χ3n) is 4.69. The Morgan fingerprint density at radius 1 is 1.10 bits per heavy atom. The Morgan fingerprint density at radius 2 is 1.67 bits per heavy atom. The van der Waals surface area contributed by atoms with E-state index < -0.39 is 12.1 Å². The fraction of sp³-hybridized carbons (Fsp3) is 0.667. The average Bonchev–Trinajstić information content (AvgIpc) is 2.47. The number of hydrogen-bond acceptors (Lipinski definition) is 0. The van der Waals surface area contributed by atoms with Crippen LogP contribution in [0.1, 0.15) is 75.6 Å². The van der Waals surface area contributed by atoms with E-state index in [-0.39, 0.29) is 5.56 Å². The fourth-order valence-corrected chi connectivity index (χ4v) is 3.42. The summed E-state index contributed by atoms with van der Waals surface area (Å²) in [4.78, 5) is 0. The first-order valence-electron chi connectivity index (χ1n) is 8.03. The van der Waals surface area contributed by atoms with Crippen molar-refractivity contribution >= 4 is 0 Å². The van der Waals surface area contributed by atoms with Crippen LogP contribution in [0.4, 0.5) is 13.2 Å². The quantitative estimate of drug-likeness (QED) is 0.588. The van der Waals surface area contributed by atoms with E-state index in [1.165, 1.54) is 43.4 Å². The van der Waals surface area contributed by atoms with Gasteiger partial charge in [0.1, 0.15) is 0 Å². The Morgan fingerprint density at radius 3 is 2.14 bits per heavy atom. The number of benzene rings is 1. The minimum Gasteiger partial charge on any atom is -0.236 e. The summed E-state index contributed by atoms with van der Waals surface area (Å²) in [5.41, 5.74) is 1.24. The lowest BCUT2D eigenvalue weighted by atomic mass is 9.77. The normalized spacial score (nSPS) is 24.8. The summed E-state index contributed by atoms with van der Waals surface area (Å²) >= 11 is 0. The molecule has 0 radical (unpaired) electrons. The first-order valence-corrected chi connectivity index (χ1v) is 8.03. The molecule has 0 N–H and O–H groups in total. The zero-order chi connectivity index (χ0) is 15.5. The van der Waals surface area contributed by atoms with E-state index >= 15 is 0 Å². The second kappa shape index (κ2) is 6.85. The van der Waals surface area contributed by atoms with Crippen LogP contribution in [0.3, 0.4) is 0 Å². The van der Waals surface area contributed by atoms with Crippen LogP contribution in [0.15, 0.2) is 24.3 Å². The minimum atomic E-state index is -3.32. The maximum absolute atomic E-state index is 13.6. The van der Waals surface area contributed by atoms with E-state index in [0.717, 1.165) is 18.8 Å². The largest absolute Gasteiger partial charge is 0.280 e. The monoisotopic (exact) mass is 298 g/mol. The highest BCUT2D eigenvalue weighted by Crippen LogP contribution is 2.39. The maximum atomic E-state index is 13.6. The summed E-state index contributed by atoms with van der Waals surface area (Å²) < 4.78 is 39.6. The Balaban J connectivity index is 1.97. The SMILES string of the molecule is CCCC1CCC(c2ccc(C(F)C(C)(F)F)cc2)CC1. The fourth-order valence-electron chi connectivity index (χ4n) is 3.42. The first kappa shape index (κ1) is 16.4. The van der Waals surface area contributed by atoms with Crippen molar-refractivity contribution < 1.29 is 13.2 Å². The van der Waals surface area contributed by atoms with Crippen molar-refractivity contribution in [2.45, 2.75) is 70.4 Å². The average molecular weight is 298 g/mol. The highest BCUT2D eigenvalue weighted by Gasteiger charge is 2.35. The van der Waals surface area contributed by atoms with Crippen molar-refractivity contribution in [3.8, 4) is 0 Å². The van der Waals surface area contributed by atoms with Crippen molar-refractivity contribution in [3.63, 3.8) is 0 Å². The zero-order valence-electron chi connectivity index (χ0n) is 12.9. The van der Waals surface area contributed by atoms with E-state index in [1.54, 1.807) is 0 Å². The lowest BCUT2D eigenvalue weighted by Gasteiger charge is -2.28. The molecule has 0 saturated heterocycles. The van der Waals surface area contributed by atoms with Crippen molar-refractivity contribution in [3.05, 3.63) is 35.4 Å². The van der Waals surface area contributed by atoms with Gasteiger partial charge in [0.15, 0.2) is 6.17 Å². The smallest absolute Gasteiger partial charge is 0.236 e. The molecule has 1 atom stereocenters. The van der Waals surface area contributed by atoms with Crippen molar-refractivity contribution in [2.75, 3.05) is 0 Å². The van der Waals surface area contributed by atoms with Gasteiger partial charge in [-0.05, 0) is 48.6 Å². The third-order valence-corrected chi connectivity index (χ3v) is 4.69. The van der Waals surface area contributed by atoms with Crippen LogP contribution in [0, 0.1) is 5.92 Å². The minimum absolute atomic E-state index is 0.0749. The van der Waals surface area contributed by atoms with Crippen LogP contribution < -0.4 is 0 Å². The Hall–Kier alpha value is -0.990. The molecule has 1 saturated carbocycles. The van der Waals surface area contributed by atoms with Crippen molar-refractivity contribution in [2.24, 2.45) is 5.92 Å². The molecule has 0 nitrogen and oxygen atoms in total. The molecule has 21 heavy (non-hydrogen) atoms. The van der Waals surface area contributed by atoms with Gasteiger partial charge in [-0.1, -0.05) is 44.0 Å². The van der Waals surface area contributed by atoms with E-state index in [2.05, 4.69) is 6.92 Å². The molecular formula is C18H25F3. The highest BCUT2D eigenvalue weighted by atomic mass is 19.3. The summed E-state index contributed by atoms with van der Waals surface area (Å²) in [5, 5.41) is 0. The summed E-state index contributed by atoms with van der Waals surface area (Å²) in [7, 11) is 0. The molecule has 2 rings (SSSR count). The van der Waals surface area contributed by atoms with Gasteiger partial charge in [0.2, 0.25) is 0 Å². The molecular weight excluding hydrogens is 273 g/mol. The summed E-state index contributed by atoms with van der Waals surface area (Å²) in [6, 6.07) is 6.71. The van der Waals surface area contributed by atoms with Crippen LogP contribution in [-0.4, -0.2) is 5.92 Å². The van der Waals surface area contributed by atoms with Gasteiger partial charge in [0.05, 0.1) is 0 Å². The van der Waals surface area contributed by atoms with Crippen molar-refractivity contribution in [1.29, 1.82) is 0 Å². The molecule has 3 heteroatoms. The Bertz CT molecular complexity index is 425. The molecule has 1 fully saturated rings. The highest BCUT2D eigenvalue weighted by molar-refractivity contribution is 5.28. The maximum Gasteiger partial charge on any atom is 0.280 e. The molecule has 0 heterocycles. The molecule has 0 aliphatic heterocycles. The molecule has 0 bridgehead atoms. The lowest BCUT2D eigenvalue weighted by molar-refractivity contribution is -0.0566. The van der Waals surface area contributed by atoms with Gasteiger partial charge in [-0.25, -0.2) is 13.2 Å². The summed E-state index contributed by atoms with van der Waals surface area (Å²) in [6.45, 7) is 2.85. The number of rotatable bonds is 5. The molecule has 0 spiro atoms. The van der Waals surface area contributed by atoms with Gasteiger partial charge in [-0.2, -0.15) is 0 Å². The van der Waals surface area contributed by atoms with Crippen LogP contribution >= 0.6 is 0 Å². The van der Waals surface area contributed by atoms with Gasteiger partial charge in [-0.3, -0.25) is 0 Å². The standard InChI is InChI=1S/C18H25F3/c1-3-4-13-5-7-14(8-6-13)15-9-11-16(12-10-15)17(19)18(2,20)21/h9-14,17H,3-8H2,1-2H3. The molecule has 1 aromatic carbocycles. The molecule has 0 amide bonds. The van der Waals surface area contributed by atoms with Gasteiger partial charge in [-0.15, -0.1) is 0 Å². The van der Waals surface area contributed by atoms with E-state index in [1.807, 2.05) is 12.1 Å². The Kier molecular flexibility index (Phi) is 5.34. The van der Waals surface area contributed by atoms with Gasteiger partial charge >= 0.3 is 0 Å². The molecule has 118 valence electrons. The first-order chi connectivity index (χ1) is 9.91. The molecule has 1 unspecified atom stereocenters. The second-order valence-electron chi connectivity index (χ2n) is 6.49. The molecule has 1 aromatic rings. The number of alkyl halides is 3. The van der Waals surface area contributed by atoms with Crippen molar-refractivity contribution in [1.82, 2.24) is 0 Å². The number of hydrogen-bond donors (Lipinski definition) is 0. The van der Waals surface area contributed by atoms with Gasteiger partial charge in [0.25, 0.3) is 5.92 Å². The summed E-state index contributed by atoms with van der Waals surface area (Å²) in [5.74, 6) is -1.97. The zero-order valence-corrected chi connectivity index (χ0v) is 12.9. The van der Waals surface area contributed by atoms with Crippen LogP contribution in [0.2, 0.25) is 0 Å². The number of halogens is 3.